The zero-order chi connectivity index (χ0) is 21.1. The zero-order valence-corrected chi connectivity index (χ0v) is 18.0. The quantitative estimate of drug-likeness (QED) is 0.710. The van der Waals surface area contributed by atoms with Crippen molar-refractivity contribution in [2.75, 3.05) is 39.2 Å². The van der Waals surface area contributed by atoms with Gasteiger partial charge in [-0.25, -0.2) is 4.79 Å². The number of esters is 1. The largest absolute Gasteiger partial charge is 0.486 e. The van der Waals surface area contributed by atoms with Crippen LogP contribution in [0.5, 0.6) is 11.5 Å². The molecule has 1 N–H and O–H groups in total. The van der Waals surface area contributed by atoms with Gasteiger partial charge in [0.25, 0.3) is 0 Å². The highest BCUT2D eigenvalue weighted by atomic mass is 32.1. The maximum Gasteiger partial charge on any atom is 0.341 e. The average Bonchev–Trinajstić information content (AvgIpc) is 3.10. The van der Waals surface area contributed by atoms with E-state index in [4.69, 9.17) is 14.2 Å². The van der Waals surface area contributed by atoms with Crippen LogP contribution in [0.4, 0.5) is 5.00 Å². The molecule has 1 atom stereocenters. The monoisotopic (exact) mass is 430 g/mol. The van der Waals surface area contributed by atoms with E-state index in [1.807, 2.05) is 36.2 Å². The summed E-state index contributed by atoms with van der Waals surface area (Å²) in [6, 6.07) is 7.56. The van der Waals surface area contributed by atoms with Gasteiger partial charge in [0.1, 0.15) is 17.7 Å². The molecule has 30 heavy (non-hydrogen) atoms. The fourth-order valence-corrected chi connectivity index (χ4v) is 5.24. The van der Waals surface area contributed by atoms with Gasteiger partial charge in [-0.05, 0) is 50.4 Å². The van der Waals surface area contributed by atoms with Crippen molar-refractivity contribution in [3.63, 3.8) is 0 Å². The SMILES string of the molecule is COC(=O)c1c(NC(=O)CN(C)CC2COc3ccccc3O2)sc2c1CCCC2. The second-order valence-electron chi connectivity index (χ2n) is 7.65. The molecule has 0 spiro atoms. The fourth-order valence-electron chi connectivity index (χ4n) is 3.95. The Labute approximate surface area is 179 Å². The summed E-state index contributed by atoms with van der Waals surface area (Å²) in [6.07, 6.45) is 3.80. The van der Waals surface area contributed by atoms with Gasteiger partial charge in [-0.3, -0.25) is 9.69 Å². The lowest BCUT2D eigenvalue weighted by atomic mass is 9.95. The molecule has 2 aromatic rings. The van der Waals surface area contributed by atoms with E-state index in [1.165, 1.54) is 23.3 Å². The number of benzene rings is 1. The smallest absolute Gasteiger partial charge is 0.341 e. The number of aryl methyl sites for hydroxylation is 1. The highest BCUT2D eigenvalue weighted by Gasteiger charge is 2.27. The first-order valence-corrected chi connectivity index (χ1v) is 11.0. The lowest BCUT2D eigenvalue weighted by molar-refractivity contribution is -0.117. The number of nitrogens with one attached hydrogen (secondary N) is 1. The Morgan fingerprint density at radius 1 is 1.23 bits per heavy atom. The van der Waals surface area contributed by atoms with Crippen LogP contribution in [0.15, 0.2) is 24.3 Å². The minimum atomic E-state index is -0.385. The highest BCUT2D eigenvalue weighted by molar-refractivity contribution is 7.17. The van der Waals surface area contributed by atoms with Crippen molar-refractivity contribution in [3.05, 3.63) is 40.3 Å². The number of para-hydroxylation sites is 2. The molecule has 0 fully saturated rings. The number of hydrogen-bond donors (Lipinski definition) is 1. The number of hydrogen-bond acceptors (Lipinski definition) is 7. The molecule has 1 unspecified atom stereocenters. The van der Waals surface area contributed by atoms with Crippen LogP contribution < -0.4 is 14.8 Å². The first-order chi connectivity index (χ1) is 14.5. The summed E-state index contributed by atoms with van der Waals surface area (Å²) < 4.78 is 16.7. The maximum absolute atomic E-state index is 12.7. The molecule has 0 bridgehead atoms. The van der Waals surface area contributed by atoms with Crippen molar-refractivity contribution in [2.45, 2.75) is 31.8 Å². The first-order valence-electron chi connectivity index (χ1n) is 10.1. The van der Waals surface area contributed by atoms with E-state index >= 15 is 0 Å². The second kappa shape index (κ2) is 9.06. The number of nitrogens with zero attached hydrogens (tertiary/aromatic N) is 1. The van der Waals surface area contributed by atoms with E-state index in [1.54, 1.807) is 0 Å². The standard InChI is InChI=1S/C22H26N2O5S/c1-24(11-14-13-28-16-8-4-5-9-17(16)29-14)12-19(25)23-21-20(22(26)27-2)15-7-3-6-10-18(15)30-21/h4-5,8-9,14H,3,6-7,10-13H2,1-2H3,(H,23,25). The molecule has 1 aliphatic heterocycles. The summed E-state index contributed by atoms with van der Waals surface area (Å²) in [4.78, 5) is 28.1. The first kappa shape index (κ1) is 20.7. The Morgan fingerprint density at radius 3 is 2.80 bits per heavy atom. The normalized spacial score (nSPS) is 17.4. The van der Waals surface area contributed by atoms with E-state index in [9.17, 15) is 9.59 Å². The van der Waals surface area contributed by atoms with Crippen molar-refractivity contribution in [1.82, 2.24) is 4.90 Å². The average molecular weight is 431 g/mol. The summed E-state index contributed by atoms with van der Waals surface area (Å²) in [5.41, 5.74) is 1.56. The number of ether oxygens (including phenoxy) is 3. The molecule has 2 heterocycles. The molecule has 1 aromatic carbocycles. The van der Waals surface area contributed by atoms with Crippen molar-refractivity contribution < 1.29 is 23.8 Å². The molecular formula is C22H26N2O5S. The number of thiophene rings is 1. The van der Waals surface area contributed by atoms with Crippen LogP contribution in [-0.2, 0) is 22.4 Å². The Bertz CT molecular complexity index is 942. The van der Waals surface area contributed by atoms with Gasteiger partial charge in [0.15, 0.2) is 11.5 Å². The number of rotatable bonds is 6. The van der Waals surface area contributed by atoms with E-state index in [0.29, 0.717) is 23.7 Å². The van der Waals surface area contributed by atoms with E-state index in [0.717, 1.165) is 42.7 Å². The summed E-state index contributed by atoms with van der Waals surface area (Å²) in [6.45, 7) is 1.17. The lowest BCUT2D eigenvalue weighted by Gasteiger charge is -2.29. The molecule has 1 aliphatic carbocycles. The Morgan fingerprint density at radius 2 is 2.00 bits per heavy atom. The van der Waals surface area contributed by atoms with Gasteiger partial charge in [-0.2, -0.15) is 0 Å². The topological polar surface area (TPSA) is 77.1 Å². The summed E-state index contributed by atoms with van der Waals surface area (Å²) in [5.74, 6) is 0.910. The highest BCUT2D eigenvalue weighted by Crippen LogP contribution is 2.38. The van der Waals surface area contributed by atoms with Crippen LogP contribution in [0.25, 0.3) is 0 Å². The van der Waals surface area contributed by atoms with Crippen LogP contribution in [0.2, 0.25) is 0 Å². The predicted molar refractivity (Wildman–Crippen MR) is 115 cm³/mol. The lowest BCUT2D eigenvalue weighted by Crippen LogP contribution is -2.42. The van der Waals surface area contributed by atoms with Crippen molar-refractivity contribution in [2.24, 2.45) is 0 Å². The number of carbonyl (C=O) groups excluding carboxylic acids is 2. The number of anilines is 1. The van der Waals surface area contributed by atoms with Gasteiger partial charge in [-0.15, -0.1) is 11.3 Å². The molecule has 0 saturated carbocycles. The number of fused-ring (bicyclic) bond motifs is 2. The van der Waals surface area contributed by atoms with Crippen LogP contribution in [-0.4, -0.2) is 56.7 Å². The molecule has 4 rings (SSSR count). The summed E-state index contributed by atoms with van der Waals surface area (Å²) in [7, 11) is 3.24. The van der Waals surface area contributed by atoms with E-state index < -0.39 is 0 Å². The molecule has 1 aromatic heterocycles. The molecule has 2 aliphatic rings. The van der Waals surface area contributed by atoms with E-state index in [2.05, 4.69) is 5.32 Å². The second-order valence-corrected chi connectivity index (χ2v) is 8.75. The van der Waals surface area contributed by atoms with Crippen LogP contribution in [0, 0.1) is 0 Å². The van der Waals surface area contributed by atoms with E-state index in [-0.39, 0.29) is 24.5 Å². The maximum atomic E-state index is 12.7. The third kappa shape index (κ3) is 4.44. The minimum Gasteiger partial charge on any atom is -0.486 e. The van der Waals surface area contributed by atoms with Crippen LogP contribution in [0.3, 0.4) is 0 Å². The molecule has 7 nitrogen and oxygen atoms in total. The summed E-state index contributed by atoms with van der Waals surface area (Å²) >= 11 is 1.49. The van der Waals surface area contributed by atoms with Crippen LogP contribution >= 0.6 is 11.3 Å². The van der Waals surface area contributed by atoms with Gasteiger partial charge in [-0.1, -0.05) is 12.1 Å². The molecule has 1 amide bonds. The fraction of sp³-hybridized carbons (Fsp3) is 0.455. The Balaban J connectivity index is 1.37. The number of likely N-dealkylation sites (N-methyl/N-ethyl adjacent to an activating group) is 1. The van der Waals surface area contributed by atoms with Gasteiger partial charge in [0.2, 0.25) is 5.91 Å². The number of methoxy groups -OCH3 is 1. The van der Waals surface area contributed by atoms with Crippen molar-refractivity contribution >= 4 is 28.2 Å². The molecular weight excluding hydrogens is 404 g/mol. The number of amides is 1. The Kier molecular flexibility index (Phi) is 6.24. The molecule has 0 radical (unpaired) electrons. The molecule has 160 valence electrons. The van der Waals surface area contributed by atoms with Gasteiger partial charge in [0.05, 0.1) is 19.2 Å². The zero-order valence-electron chi connectivity index (χ0n) is 17.2. The third-order valence-electron chi connectivity index (χ3n) is 5.31. The Hall–Kier alpha value is -2.58. The number of carbonyl (C=O) groups is 2. The van der Waals surface area contributed by atoms with Gasteiger partial charge in [0, 0.05) is 11.4 Å². The molecule has 8 heteroatoms. The molecule has 0 saturated heterocycles. The van der Waals surface area contributed by atoms with Gasteiger partial charge >= 0.3 is 5.97 Å². The van der Waals surface area contributed by atoms with Gasteiger partial charge < -0.3 is 19.5 Å². The van der Waals surface area contributed by atoms with Crippen molar-refractivity contribution in [1.29, 1.82) is 0 Å². The predicted octanol–water partition coefficient (Wildman–Crippen LogP) is 3.12. The van der Waals surface area contributed by atoms with Crippen molar-refractivity contribution in [3.8, 4) is 11.5 Å². The third-order valence-corrected chi connectivity index (χ3v) is 6.52. The summed E-state index contributed by atoms with van der Waals surface area (Å²) in [5, 5.41) is 3.53. The van der Waals surface area contributed by atoms with Crippen LogP contribution in [0.1, 0.15) is 33.6 Å². The minimum absolute atomic E-state index is 0.155.